The molecule has 0 spiro atoms. The minimum absolute atomic E-state index is 0.171. The summed E-state index contributed by atoms with van der Waals surface area (Å²) in [5.74, 6) is 0.695. The van der Waals surface area contributed by atoms with Crippen LogP contribution in [0.5, 0.6) is 17.2 Å². The van der Waals surface area contributed by atoms with Crippen molar-refractivity contribution in [2.24, 2.45) is 0 Å². The minimum Gasteiger partial charge on any atom is -0.493 e. The highest BCUT2D eigenvalue weighted by molar-refractivity contribution is 5.54. The number of halogens is 1. The van der Waals surface area contributed by atoms with Gasteiger partial charge in [0.25, 0.3) is 0 Å². The molecule has 2 rings (SSSR count). The highest BCUT2D eigenvalue weighted by atomic mass is 19.1. The van der Waals surface area contributed by atoms with Crippen molar-refractivity contribution in [3.8, 4) is 17.2 Å². The highest BCUT2D eigenvalue weighted by Crippen LogP contribution is 2.42. The summed E-state index contributed by atoms with van der Waals surface area (Å²) in [6, 6.07) is 1.61. The lowest BCUT2D eigenvalue weighted by Crippen LogP contribution is -1.99. The summed E-state index contributed by atoms with van der Waals surface area (Å²) in [6.07, 6.45) is 0.746. The van der Waals surface area contributed by atoms with E-state index < -0.39 is 0 Å². The predicted molar refractivity (Wildman–Crippen MR) is 53.3 cm³/mol. The van der Waals surface area contributed by atoms with Crippen LogP contribution in [0.3, 0.4) is 0 Å². The average molecular weight is 212 g/mol. The lowest BCUT2D eigenvalue weighted by molar-refractivity contribution is 0.288. The Morgan fingerprint density at radius 2 is 1.93 bits per heavy atom. The number of fused-ring (bicyclic) bond motifs is 1. The maximum absolute atomic E-state index is 13.7. The van der Waals surface area contributed by atoms with Crippen molar-refractivity contribution >= 4 is 0 Å². The standard InChI is InChI=1S/C11H13FO3/c1-7-6-8(13-2)10-11(9(7)12)15-5-3-4-14-10/h6H,3-5H2,1-2H3. The first-order chi connectivity index (χ1) is 7.24. The molecule has 82 valence electrons. The number of methoxy groups -OCH3 is 1. The molecule has 1 heterocycles. The molecule has 0 bridgehead atoms. The molecular formula is C11H13FO3. The van der Waals surface area contributed by atoms with Gasteiger partial charge in [0.05, 0.1) is 20.3 Å². The molecule has 0 radical (unpaired) electrons. The van der Waals surface area contributed by atoms with E-state index in [4.69, 9.17) is 14.2 Å². The molecule has 0 amide bonds. The van der Waals surface area contributed by atoms with E-state index in [0.29, 0.717) is 30.3 Å². The SMILES string of the molecule is COc1cc(C)c(F)c2c1OCCCO2. The monoisotopic (exact) mass is 212 g/mol. The van der Waals surface area contributed by atoms with E-state index in [1.54, 1.807) is 13.0 Å². The zero-order valence-corrected chi connectivity index (χ0v) is 8.80. The Bertz CT molecular complexity index is 377. The molecule has 0 atom stereocenters. The Morgan fingerprint density at radius 1 is 1.27 bits per heavy atom. The van der Waals surface area contributed by atoms with Crippen molar-refractivity contribution in [3.05, 3.63) is 17.4 Å². The smallest absolute Gasteiger partial charge is 0.206 e. The Balaban J connectivity index is 2.57. The first-order valence-electron chi connectivity index (χ1n) is 4.86. The third-order valence-corrected chi connectivity index (χ3v) is 2.32. The van der Waals surface area contributed by atoms with Crippen LogP contribution in [0.15, 0.2) is 6.07 Å². The molecule has 4 heteroatoms. The molecule has 1 aliphatic rings. The maximum Gasteiger partial charge on any atom is 0.206 e. The van der Waals surface area contributed by atoms with Crippen molar-refractivity contribution in [1.82, 2.24) is 0 Å². The minimum atomic E-state index is -0.368. The van der Waals surface area contributed by atoms with Crippen molar-refractivity contribution in [2.75, 3.05) is 20.3 Å². The van der Waals surface area contributed by atoms with Gasteiger partial charge in [-0.2, -0.15) is 0 Å². The third-order valence-electron chi connectivity index (χ3n) is 2.32. The molecule has 0 saturated heterocycles. The van der Waals surface area contributed by atoms with Gasteiger partial charge in [-0.3, -0.25) is 0 Å². The number of aryl methyl sites for hydroxylation is 1. The van der Waals surface area contributed by atoms with E-state index in [2.05, 4.69) is 0 Å². The molecule has 1 aliphatic heterocycles. The molecular weight excluding hydrogens is 199 g/mol. The Kier molecular flexibility index (Phi) is 2.66. The fourth-order valence-electron chi connectivity index (χ4n) is 1.54. The van der Waals surface area contributed by atoms with Gasteiger partial charge in [-0.25, -0.2) is 4.39 Å². The summed E-state index contributed by atoms with van der Waals surface area (Å²) < 4.78 is 29.6. The van der Waals surface area contributed by atoms with E-state index in [0.717, 1.165) is 6.42 Å². The van der Waals surface area contributed by atoms with Crippen LogP contribution in [0.2, 0.25) is 0 Å². The van der Waals surface area contributed by atoms with Crippen LogP contribution in [-0.2, 0) is 0 Å². The van der Waals surface area contributed by atoms with E-state index >= 15 is 0 Å². The average Bonchev–Trinajstić information content (AvgIpc) is 2.49. The van der Waals surface area contributed by atoms with E-state index in [-0.39, 0.29) is 11.6 Å². The van der Waals surface area contributed by atoms with Gasteiger partial charge in [-0.05, 0) is 18.6 Å². The Hall–Kier alpha value is -1.45. The molecule has 1 aromatic carbocycles. The second-order valence-electron chi connectivity index (χ2n) is 3.42. The van der Waals surface area contributed by atoms with Gasteiger partial charge in [-0.15, -0.1) is 0 Å². The van der Waals surface area contributed by atoms with Crippen LogP contribution >= 0.6 is 0 Å². The van der Waals surface area contributed by atoms with Gasteiger partial charge in [0, 0.05) is 6.42 Å². The first kappa shape index (κ1) is 10.1. The lowest BCUT2D eigenvalue weighted by Gasteiger charge is -2.13. The molecule has 0 fully saturated rings. The topological polar surface area (TPSA) is 27.7 Å². The van der Waals surface area contributed by atoms with Crippen LogP contribution in [-0.4, -0.2) is 20.3 Å². The summed E-state index contributed by atoms with van der Waals surface area (Å²) >= 11 is 0. The van der Waals surface area contributed by atoms with E-state index in [1.165, 1.54) is 7.11 Å². The van der Waals surface area contributed by atoms with Crippen LogP contribution in [0.1, 0.15) is 12.0 Å². The molecule has 15 heavy (non-hydrogen) atoms. The van der Waals surface area contributed by atoms with Gasteiger partial charge in [0.1, 0.15) is 0 Å². The molecule has 3 nitrogen and oxygen atoms in total. The zero-order chi connectivity index (χ0) is 10.8. The summed E-state index contributed by atoms with van der Waals surface area (Å²) in [5.41, 5.74) is 0.496. The normalized spacial score (nSPS) is 14.6. The predicted octanol–water partition coefficient (Wildman–Crippen LogP) is 2.30. The third kappa shape index (κ3) is 1.71. The number of hydrogen-bond donors (Lipinski definition) is 0. The van der Waals surface area contributed by atoms with Gasteiger partial charge in [0.2, 0.25) is 11.5 Å². The summed E-state index contributed by atoms with van der Waals surface area (Å²) in [7, 11) is 1.53. The Labute approximate surface area is 87.8 Å². The summed E-state index contributed by atoms with van der Waals surface area (Å²) in [5, 5.41) is 0. The second-order valence-corrected chi connectivity index (χ2v) is 3.42. The molecule has 1 aromatic rings. The maximum atomic E-state index is 13.7. The zero-order valence-electron chi connectivity index (χ0n) is 8.80. The number of rotatable bonds is 1. The second kappa shape index (κ2) is 3.96. The first-order valence-corrected chi connectivity index (χ1v) is 4.86. The van der Waals surface area contributed by atoms with Crippen molar-refractivity contribution in [1.29, 1.82) is 0 Å². The van der Waals surface area contributed by atoms with E-state index in [9.17, 15) is 4.39 Å². The summed E-state index contributed by atoms with van der Waals surface area (Å²) in [4.78, 5) is 0. The van der Waals surface area contributed by atoms with Gasteiger partial charge < -0.3 is 14.2 Å². The van der Waals surface area contributed by atoms with Crippen LogP contribution in [0, 0.1) is 12.7 Å². The van der Waals surface area contributed by atoms with Crippen LogP contribution in [0.4, 0.5) is 4.39 Å². The number of hydrogen-bond acceptors (Lipinski definition) is 3. The fraction of sp³-hybridized carbons (Fsp3) is 0.455. The Morgan fingerprint density at radius 3 is 2.60 bits per heavy atom. The van der Waals surface area contributed by atoms with Crippen LogP contribution < -0.4 is 14.2 Å². The molecule has 0 aromatic heterocycles. The quantitative estimate of drug-likeness (QED) is 0.715. The van der Waals surface area contributed by atoms with Gasteiger partial charge in [-0.1, -0.05) is 0 Å². The van der Waals surface area contributed by atoms with E-state index in [1.807, 2.05) is 0 Å². The van der Waals surface area contributed by atoms with Crippen molar-refractivity contribution in [3.63, 3.8) is 0 Å². The lowest BCUT2D eigenvalue weighted by atomic mass is 10.2. The molecule has 0 aliphatic carbocycles. The number of benzene rings is 1. The van der Waals surface area contributed by atoms with Crippen molar-refractivity contribution < 1.29 is 18.6 Å². The van der Waals surface area contributed by atoms with Gasteiger partial charge >= 0.3 is 0 Å². The molecule has 0 unspecified atom stereocenters. The summed E-state index contributed by atoms with van der Waals surface area (Å²) in [6.45, 7) is 2.66. The number of ether oxygens (including phenoxy) is 3. The fourth-order valence-corrected chi connectivity index (χ4v) is 1.54. The largest absolute Gasteiger partial charge is 0.493 e. The van der Waals surface area contributed by atoms with Crippen LogP contribution in [0.25, 0.3) is 0 Å². The molecule has 0 N–H and O–H groups in total. The highest BCUT2D eigenvalue weighted by Gasteiger charge is 2.21. The molecule has 0 saturated carbocycles. The van der Waals surface area contributed by atoms with Gasteiger partial charge in [0.15, 0.2) is 11.6 Å². The van der Waals surface area contributed by atoms with Crippen molar-refractivity contribution in [2.45, 2.75) is 13.3 Å².